The number of hydrogen-bond donors (Lipinski definition) is 0. The molecule has 2 fully saturated rings. The number of aromatic nitrogens is 1. The van der Waals surface area contributed by atoms with Gasteiger partial charge in [0.1, 0.15) is 5.82 Å². The number of fused-ring (bicyclic) bond motifs is 2. The van der Waals surface area contributed by atoms with E-state index in [1.807, 2.05) is 11.8 Å². The van der Waals surface area contributed by atoms with Crippen LogP contribution < -0.4 is 4.90 Å². The zero-order chi connectivity index (χ0) is 23.7. The molecular weight excluding hydrogens is 435 g/mol. The van der Waals surface area contributed by atoms with Crippen LogP contribution in [0.4, 0.5) is 14.9 Å². The van der Waals surface area contributed by atoms with Gasteiger partial charge in [-0.05, 0) is 81.6 Å². The average molecular weight is 467 g/mol. The van der Waals surface area contributed by atoms with Gasteiger partial charge in [-0.15, -0.1) is 0 Å². The van der Waals surface area contributed by atoms with Crippen molar-refractivity contribution < 1.29 is 18.7 Å². The number of hydrogen-bond acceptors (Lipinski definition) is 5. The monoisotopic (exact) mass is 466 g/mol. The SMILES string of the molecule is CCOC(=O)N1CCC(N2CCC3(CC2)CN(C(=O)c2ccncc2)c2ccc(F)cc23)CC1. The lowest BCUT2D eigenvalue weighted by atomic mass is 9.74. The largest absolute Gasteiger partial charge is 0.450 e. The van der Waals surface area contributed by atoms with Gasteiger partial charge < -0.3 is 19.4 Å². The molecule has 0 unspecified atom stereocenters. The van der Waals surface area contributed by atoms with Crippen molar-refractivity contribution in [1.82, 2.24) is 14.8 Å². The third kappa shape index (κ3) is 4.15. The molecule has 0 radical (unpaired) electrons. The van der Waals surface area contributed by atoms with Crippen molar-refractivity contribution in [1.29, 1.82) is 0 Å². The van der Waals surface area contributed by atoms with Gasteiger partial charge >= 0.3 is 6.09 Å². The van der Waals surface area contributed by atoms with Crippen molar-refractivity contribution in [2.45, 2.75) is 44.1 Å². The fourth-order valence-corrected chi connectivity index (χ4v) is 5.85. The highest BCUT2D eigenvalue weighted by atomic mass is 19.1. The molecule has 0 N–H and O–H groups in total. The van der Waals surface area contributed by atoms with Crippen LogP contribution >= 0.6 is 0 Å². The Hall–Kier alpha value is -3.00. The minimum absolute atomic E-state index is 0.0686. The number of pyridine rings is 1. The van der Waals surface area contributed by atoms with Crippen molar-refractivity contribution in [2.75, 3.05) is 44.2 Å². The van der Waals surface area contributed by atoms with E-state index < -0.39 is 0 Å². The first-order valence-corrected chi connectivity index (χ1v) is 12.2. The van der Waals surface area contributed by atoms with E-state index in [-0.39, 0.29) is 23.2 Å². The molecule has 7 nitrogen and oxygen atoms in total. The van der Waals surface area contributed by atoms with E-state index in [0.29, 0.717) is 37.8 Å². The van der Waals surface area contributed by atoms with Crippen LogP contribution in [0.25, 0.3) is 0 Å². The standard InChI is InChI=1S/C26H31FN4O3/c1-2-34-25(33)30-13-7-21(8-14-30)29-15-9-26(10-16-29)18-31(23-4-3-20(27)17-22(23)26)24(32)19-5-11-28-12-6-19/h3-6,11-12,17,21H,2,7-10,13-16,18H2,1H3. The highest BCUT2D eigenvalue weighted by Gasteiger charge is 2.47. The van der Waals surface area contributed by atoms with Gasteiger partial charge in [0.2, 0.25) is 0 Å². The van der Waals surface area contributed by atoms with E-state index in [4.69, 9.17) is 4.74 Å². The summed E-state index contributed by atoms with van der Waals surface area (Å²) < 4.78 is 19.4. The summed E-state index contributed by atoms with van der Waals surface area (Å²) in [6.45, 7) is 6.03. The molecule has 34 heavy (non-hydrogen) atoms. The predicted molar refractivity (Wildman–Crippen MR) is 126 cm³/mol. The van der Waals surface area contributed by atoms with Crippen molar-refractivity contribution in [3.8, 4) is 0 Å². The van der Waals surface area contributed by atoms with Gasteiger partial charge in [-0.2, -0.15) is 0 Å². The second-order valence-electron chi connectivity index (χ2n) is 9.52. The number of carbonyl (C=O) groups is 2. The summed E-state index contributed by atoms with van der Waals surface area (Å²) in [6, 6.07) is 8.70. The summed E-state index contributed by atoms with van der Waals surface area (Å²) in [5.74, 6) is -0.328. The molecule has 1 spiro atoms. The minimum Gasteiger partial charge on any atom is -0.450 e. The molecule has 4 heterocycles. The molecule has 5 rings (SSSR count). The first kappa shape index (κ1) is 22.8. The summed E-state index contributed by atoms with van der Waals surface area (Å²) in [5, 5.41) is 0. The van der Waals surface area contributed by atoms with E-state index in [1.165, 1.54) is 6.07 Å². The second-order valence-corrected chi connectivity index (χ2v) is 9.52. The van der Waals surface area contributed by atoms with Gasteiger partial charge in [0, 0.05) is 54.7 Å². The quantitative estimate of drug-likeness (QED) is 0.688. The number of piperidine rings is 2. The van der Waals surface area contributed by atoms with Crippen molar-refractivity contribution >= 4 is 17.7 Å². The van der Waals surface area contributed by atoms with E-state index >= 15 is 0 Å². The van der Waals surface area contributed by atoms with Crippen LogP contribution in [-0.2, 0) is 10.2 Å². The molecule has 0 bridgehead atoms. The van der Waals surface area contributed by atoms with Crippen molar-refractivity contribution in [3.05, 3.63) is 59.7 Å². The number of likely N-dealkylation sites (tertiary alicyclic amines) is 2. The Kier molecular flexibility index (Phi) is 6.25. The minimum atomic E-state index is -0.259. The van der Waals surface area contributed by atoms with Gasteiger partial charge in [0.05, 0.1) is 6.61 Å². The third-order valence-corrected chi connectivity index (χ3v) is 7.72. The van der Waals surface area contributed by atoms with Gasteiger partial charge in [-0.25, -0.2) is 9.18 Å². The molecule has 2 aromatic rings. The van der Waals surface area contributed by atoms with E-state index in [2.05, 4.69) is 9.88 Å². The number of carbonyl (C=O) groups excluding carboxylic acids is 2. The number of amides is 2. The van der Waals surface area contributed by atoms with Crippen LogP contribution in [0.3, 0.4) is 0 Å². The van der Waals surface area contributed by atoms with Crippen LogP contribution in [0.15, 0.2) is 42.7 Å². The molecule has 2 saturated heterocycles. The molecule has 1 aromatic carbocycles. The van der Waals surface area contributed by atoms with Crippen molar-refractivity contribution in [3.63, 3.8) is 0 Å². The third-order valence-electron chi connectivity index (χ3n) is 7.72. The lowest BCUT2D eigenvalue weighted by molar-refractivity contribution is 0.0576. The maximum atomic E-state index is 14.3. The number of rotatable bonds is 3. The number of benzene rings is 1. The Morgan fingerprint density at radius 3 is 2.47 bits per heavy atom. The van der Waals surface area contributed by atoms with Crippen LogP contribution in [0.5, 0.6) is 0 Å². The summed E-state index contributed by atoms with van der Waals surface area (Å²) in [6.07, 6.45) is 6.64. The average Bonchev–Trinajstić information content (AvgIpc) is 3.18. The Morgan fingerprint density at radius 2 is 1.79 bits per heavy atom. The molecule has 3 aliphatic heterocycles. The zero-order valence-electron chi connectivity index (χ0n) is 19.6. The summed E-state index contributed by atoms with van der Waals surface area (Å²) in [7, 11) is 0. The molecule has 3 aliphatic rings. The number of anilines is 1. The summed E-state index contributed by atoms with van der Waals surface area (Å²) >= 11 is 0. The topological polar surface area (TPSA) is 66.0 Å². The molecule has 2 amide bonds. The van der Waals surface area contributed by atoms with Crippen LogP contribution in [0.2, 0.25) is 0 Å². The Balaban J connectivity index is 1.29. The fraction of sp³-hybridized carbons (Fsp3) is 0.500. The number of nitrogens with zero attached hydrogens (tertiary/aromatic N) is 4. The lowest BCUT2D eigenvalue weighted by Gasteiger charge is -2.45. The predicted octanol–water partition coefficient (Wildman–Crippen LogP) is 3.84. The van der Waals surface area contributed by atoms with Crippen LogP contribution in [0, 0.1) is 5.82 Å². The molecule has 1 aromatic heterocycles. The van der Waals surface area contributed by atoms with Crippen molar-refractivity contribution in [2.24, 2.45) is 0 Å². The second kappa shape index (κ2) is 9.33. The van der Waals surface area contributed by atoms with Gasteiger partial charge in [-0.3, -0.25) is 9.78 Å². The van der Waals surface area contributed by atoms with E-state index in [9.17, 15) is 14.0 Å². The number of halogens is 1. The van der Waals surface area contributed by atoms with Crippen LogP contribution in [0.1, 0.15) is 48.5 Å². The molecule has 0 aliphatic carbocycles. The van der Waals surface area contributed by atoms with Gasteiger partial charge in [0.25, 0.3) is 5.91 Å². The molecule has 0 atom stereocenters. The zero-order valence-corrected chi connectivity index (χ0v) is 19.6. The fourth-order valence-electron chi connectivity index (χ4n) is 5.85. The van der Waals surface area contributed by atoms with E-state index in [0.717, 1.165) is 50.0 Å². The Bertz CT molecular complexity index is 1050. The van der Waals surface area contributed by atoms with Crippen LogP contribution in [-0.4, -0.2) is 72.2 Å². The Labute approximate surface area is 199 Å². The lowest BCUT2D eigenvalue weighted by Crippen LogP contribution is -2.52. The first-order valence-electron chi connectivity index (χ1n) is 12.2. The first-order chi connectivity index (χ1) is 16.5. The summed E-state index contributed by atoms with van der Waals surface area (Å²) in [4.78, 5) is 35.5. The van der Waals surface area contributed by atoms with Gasteiger partial charge in [0.15, 0.2) is 0 Å². The molecular formula is C26H31FN4O3. The summed E-state index contributed by atoms with van der Waals surface area (Å²) in [5.41, 5.74) is 2.13. The molecule has 0 saturated carbocycles. The normalized spacial score (nSPS) is 20.4. The highest BCUT2D eigenvalue weighted by molar-refractivity contribution is 6.07. The molecule has 180 valence electrons. The smallest absolute Gasteiger partial charge is 0.409 e. The maximum absolute atomic E-state index is 14.3. The Morgan fingerprint density at radius 1 is 1.09 bits per heavy atom. The van der Waals surface area contributed by atoms with Gasteiger partial charge in [-0.1, -0.05) is 0 Å². The highest BCUT2D eigenvalue weighted by Crippen LogP contribution is 2.48. The van der Waals surface area contributed by atoms with E-state index in [1.54, 1.807) is 41.6 Å². The maximum Gasteiger partial charge on any atom is 0.409 e. The molecule has 8 heteroatoms. The number of ether oxygens (including phenoxy) is 1.